The molecule has 0 bridgehead atoms. The Bertz CT molecular complexity index is 837. The van der Waals surface area contributed by atoms with Gasteiger partial charge >= 0.3 is 0 Å². The molecule has 0 aliphatic heterocycles. The molecule has 2 aromatic heterocycles. The number of hydrogen-bond acceptors (Lipinski definition) is 4. The molecular formula is C20H29N3O2S. The Labute approximate surface area is 158 Å². The van der Waals surface area contributed by atoms with E-state index in [1.54, 1.807) is 11.3 Å². The molecule has 0 saturated carbocycles. The molecule has 142 valence electrons. The fourth-order valence-electron chi connectivity index (χ4n) is 3.56. The van der Waals surface area contributed by atoms with E-state index >= 15 is 0 Å². The minimum Gasteiger partial charge on any atom is -0.354 e. The monoisotopic (exact) mass is 375 g/mol. The second kappa shape index (κ2) is 8.33. The van der Waals surface area contributed by atoms with Crippen molar-refractivity contribution in [2.24, 2.45) is 5.92 Å². The molecule has 2 aromatic rings. The Morgan fingerprint density at radius 3 is 2.77 bits per heavy atom. The summed E-state index contributed by atoms with van der Waals surface area (Å²) in [7, 11) is 0. The van der Waals surface area contributed by atoms with Gasteiger partial charge in [-0.1, -0.05) is 13.8 Å². The summed E-state index contributed by atoms with van der Waals surface area (Å²) >= 11 is 1.65. The van der Waals surface area contributed by atoms with Gasteiger partial charge in [0.15, 0.2) is 0 Å². The van der Waals surface area contributed by atoms with Crippen LogP contribution in [0.25, 0.3) is 10.2 Å². The number of thiophene rings is 1. The van der Waals surface area contributed by atoms with Gasteiger partial charge in [-0.25, -0.2) is 4.98 Å². The van der Waals surface area contributed by atoms with Gasteiger partial charge in [-0.2, -0.15) is 0 Å². The van der Waals surface area contributed by atoms with Crippen molar-refractivity contribution in [1.82, 2.24) is 15.3 Å². The zero-order chi connectivity index (χ0) is 18.7. The molecular weight excluding hydrogens is 346 g/mol. The van der Waals surface area contributed by atoms with Gasteiger partial charge in [0.25, 0.3) is 5.56 Å². The van der Waals surface area contributed by atoms with Gasteiger partial charge in [-0.15, -0.1) is 11.3 Å². The van der Waals surface area contributed by atoms with E-state index in [2.05, 4.69) is 29.1 Å². The van der Waals surface area contributed by atoms with Gasteiger partial charge in [-0.05, 0) is 56.9 Å². The van der Waals surface area contributed by atoms with Crippen molar-refractivity contribution in [3.05, 3.63) is 26.6 Å². The molecule has 5 nitrogen and oxygen atoms in total. The van der Waals surface area contributed by atoms with E-state index in [0.717, 1.165) is 42.3 Å². The van der Waals surface area contributed by atoms with Crippen molar-refractivity contribution in [2.75, 3.05) is 0 Å². The third-order valence-corrected chi connectivity index (χ3v) is 6.23. The number of amides is 1. The maximum Gasteiger partial charge on any atom is 0.259 e. The molecule has 1 aliphatic carbocycles. The Kier molecular flexibility index (Phi) is 6.12. The molecule has 0 spiro atoms. The van der Waals surface area contributed by atoms with E-state index < -0.39 is 0 Å². The van der Waals surface area contributed by atoms with Gasteiger partial charge in [-0.3, -0.25) is 9.59 Å². The second-order valence-corrected chi connectivity index (χ2v) is 8.93. The number of H-pyrrole nitrogens is 1. The maximum atomic E-state index is 12.5. The van der Waals surface area contributed by atoms with Crippen molar-refractivity contribution in [3.8, 4) is 0 Å². The third kappa shape index (κ3) is 4.53. The molecule has 26 heavy (non-hydrogen) atoms. The highest BCUT2D eigenvalue weighted by Gasteiger charge is 2.20. The number of carbonyl (C=O) groups excluding carboxylic acids is 1. The Balaban J connectivity index is 1.62. The zero-order valence-corrected chi connectivity index (χ0v) is 16.8. The second-order valence-electron chi connectivity index (χ2n) is 7.84. The first-order valence-electron chi connectivity index (χ1n) is 9.77. The normalized spacial score (nSPS) is 15.2. The Hall–Kier alpha value is -1.69. The lowest BCUT2D eigenvalue weighted by Gasteiger charge is -2.15. The number of nitrogens with zero attached hydrogens (tertiary/aromatic N) is 1. The number of rotatable bonds is 7. The minimum atomic E-state index is -0.0462. The van der Waals surface area contributed by atoms with Crippen LogP contribution in [0.4, 0.5) is 0 Å². The van der Waals surface area contributed by atoms with Gasteiger partial charge in [0, 0.05) is 23.8 Å². The largest absolute Gasteiger partial charge is 0.354 e. The highest BCUT2D eigenvalue weighted by atomic mass is 32.1. The average molecular weight is 376 g/mol. The van der Waals surface area contributed by atoms with Crippen molar-refractivity contribution >= 4 is 27.5 Å². The highest BCUT2D eigenvalue weighted by molar-refractivity contribution is 7.18. The zero-order valence-electron chi connectivity index (χ0n) is 16.0. The van der Waals surface area contributed by atoms with Crippen molar-refractivity contribution in [1.29, 1.82) is 0 Å². The van der Waals surface area contributed by atoms with Crippen molar-refractivity contribution in [3.63, 3.8) is 0 Å². The topological polar surface area (TPSA) is 74.8 Å². The minimum absolute atomic E-state index is 0.0227. The van der Waals surface area contributed by atoms with Crippen LogP contribution in [0.1, 0.15) is 69.1 Å². The van der Waals surface area contributed by atoms with E-state index in [-0.39, 0.29) is 17.5 Å². The lowest BCUT2D eigenvalue weighted by molar-refractivity contribution is -0.121. The number of carbonyl (C=O) groups is 1. The summed E-state index contributed by atoms with van der Waals surface area (Å²) in [5.41, 5.74) is 1.16. The first-order chi connectivity index (χ1) is 12.4. The van der Waals surface area contributed by atoms with Gasteiger partial charge in [0.1, 0.15) is 10.7 Å². The van der Waals surface area contributed by atoms with Gasteiger partial charge < -0.3 is 10.3 Å². The maximum absolute atomic E-state index is 12.5. The van der Waals surface area contributed by atoms with Crippen molar-refractivity contribution in [2.45, 2.75) is 78.2 Å². The fourth-order valence-corrected chi connectivity index (χ4v) is 4.84. The number of fused-ring (bicyclic) bond motifs is 3. The lowest BCUT2D eigenvalue weighted by Crippen LogP contribution is -2.33. The van der Waals surface area contributed by atoms with Crippen LogP contribution >= 0.6 is 11.3 Å². The Morgan fingerprint density at radius 2 is 2.00 bits per heavy atom. The third-order valence-electron chi connectivity index (χ3n) is 5.05. The standard InChI is InChI=1S/C20H29N3O2S/c1-12(2)8-9-13(3)21-17(24)11-10-16-22-19(25)18-14-6-4-5-7-15(14)26-20(18)23-16/h12-13H,4-11H2,1-3H3,(H,21,24)(H,22,23,25). The van der Waals surface area contributed by atoms with E-state index in [0.29, 0.717) is 24.6 Å². The van der Waals surface area contributed by atoms with E-state index in [1.165, 1.54) is 16.9 Å². The summed E-state index contributed by atoms with van der Waals surface area (Å²) in [6.07, 6.45) is 7.30. The Morgan fingerprint density at radius 1 is 1.23 bits per heavy atom. The fraction of sp³-hybridized carbons (Fsp3) is 0.650. The van der Waals surface area contributed by atoms with E-state index in [1.807, 2.05) is 6.92 Å². The molecule has 1 amide bonds. The van der Waals surface area contributed by atoms with Crippen LogP contribution in [-0.2, 0) is 24.1 Å². The van der Waals surface area contributed by atoms with Gasteiger partial charge in [0.2, 0.25) is 5.91 Å². The van der Waals surface area contributed by atoms with Crippen LogP contribution < -0.4 is 10.9 Å². The first kappa shape index (κ1) is 19.1. The molecule has 0 saturated heterocycles. The van der Waals surface area contributed by atoms with E-state index in [9.17, 15) is 9.59 Å². The molecule has 0 radical (unpaired) electrons. The van der Waals surface area contributed by atoms with Crippen LogP contribution in [0, 0.1) is 5.92 Å². The molecule has 2 heterocycles. The lowest BCUT2D eigenvalue weighted by atomic mass is 9.97. The molecule has 0 fully saturated rings. The van der Waals surface area contributed by atoms with Crippen LogP contribution in [0.5, 0.6) is 0 Å². The molecule has 6 heteroatoms. The van der Waals surface area contributed by atoms with Crippen LogP contribution in [0.15, 0.2) is 4.79 Å². The summed E-state index contributed by atoms with van der Waals surface area (Å²) < 4.78 is 0. The predicted molar refractivity (Wildman–Crippen MR) is 107 cm³/mol. The predicted octanol–water partition coefficient (Wildman–Crippen LogP) is 3.74. The highest BCUT2D eigenvalue weighted by Crippen LogP contribution is 2.33. The summed E-state index contributed by atoms with van der Waals surface area (Å²) in [6, 6.07) is 0.184. The summed E-state index contributed by atoms with van der Waals surface area (Å²) in [5.74, 6) is 1.28. The SMILES string of the molecule is CC(C)CCC(C)NC(=O)CCc1nc2sc3c(c2c(=O)[nH]1)CCCC3. The number of aryl methyl sites for hydroxylation is 3. The smallest absolute Gasteiger partial charge is 0.259 e. The number of aromatic amines is 1. The van der Waals surface area contributed by atoms with E-state index in [4.69, 9.17) is 0 Å². The first-order valence-corrected chi connectivity index (χ1v) is 10.6. The van der Waals surface area contributed by atoms with Gasteiger partial charge in [0.05, 0.1) is 5.39 Å². The molecule has 0 aromatic carbocycles. The molecule has 2 N–H and O–H groups in total. The summed E-state index contributed by atoms with van der Waals surface area (Å²) in [4.78, 5) is 34.3. The molecule has 3 rings (SSSR count). The summed E-state index contributed by atoms with van der Waals surface area (Å²) in [5, 5.41) is 3.82. The molecule has 1 unspecified atom stereocenters. The number of aromatic nitrogens is 2. The summed E-state index contributed by atoms with van der Waals surface area (Å²) in [6.45, 7) is 6.42. The number of hydrogen-bond donors (Lipinski definition) is 2. The van der Waals surface area contributed by atoms with Crippen LogP contribution in [0.3, 0.4) is 0 Å². The number of nitrogens with one attached hydrogen (secondary N) is 2. The average Bonchev–Trinajstić information content (AvgIpc) is 2.97. The molecule has 1 aliphatic rings. The van der Waals surface area contributed by atoms with Crippen LogP contribution in [-0.4, -0.2) is 21.9 Å². The molecule has 1 atom stereocenters. The van der Waals surface area contributed by atoms with Crippen molar-refractivity contribution < 1.29 is 4.79 Å². The van der Waals surface area contributed by atoms with Crippen LogP contribution in [0.2, 0.25) is 0 Å². The quantitative estimate of drug-likeness (QED) is 0.774.